The van der Waals surface area contributed by atoms with Crippen molar-refractivity contribution < 1.29 is 4.74 Å². The van der Waals surface area contributed by atoms with Crippen molar-refractivity contribution in [1.29, 1.82) is 0 Å². The number of aromatic nitrogens is 4. The first-order valence-electron chi connectivity index (χ1n) is 6.33. The second-order valence-electron chi connectivity index (χ2n) is 4.26. The first kappa shape index (κ1) is 14.1. The quantitative estimate of drug-likeness (QED) is 0.723. The molecule has 3 rings (SSSR count). The van der Waals surface area contributed by atoms with Gasteiger partial charge >= 0.3 is 0 Å². The standard InChI is InChI=1S/C14H14N4OS2/c1-19-11-6-4-3-5-10(11)7-8-13-17-18-12(9-20-2)15-16-14(18)21-13/h3-8H,9H2,1-2H3. The summed E-state index contributed by atoms with van der Waals surface area (Å²) in [6.45, 7) is 0. The fraction of sp³-hybridized carbons (Fsp3) is 0.214. The van der Waals surface area contributed by atoms with Crippen molar-refractivity contribution >= 4 is 40.2 Å². The van der Waals surface area contributed by atoms with Crippen LogP contribution in [0.3, 0.4) is 0 Å². The molecule has 0 saturated carbocycles. The molecule has 0 aliphatic carbocycles. The number of hydrogen-bond donors (Lipinski definition) is 0. The molecule has 0 aliphatic heterocycles. The minimum absolute atomic E-state index is 0.806. The molecular weight excluding hydrogens is 304 g/mol. The molecule has 0 spiro atoms. The Balaban J connectivity index is 1.89. The molecule has 0 unspecified atom stereocenters. The van der Waals surface area contributed by atoms with Crippen LogP contribution in [-0.2, 0) is 5.75 Å². The summed E-state index contributed by atoms with van der Waals surface area (Å²) >= 11 is 3.22. The number of nitrogens with zero attached hydrogens (tertiary/aromatic N) is 4. The average Bonchev–Trinajstić information content (AvgIpc) is 3.07. The van der Waals surface area contributed by atoms with Gasteiger partial charge in [-0.05, 0) is 24.5 Å². The van der Waals surface area contributed by atoms with Crippen molar-refractivity contribution in [3.8, 4) is 5.75 Å². The number of hydrogen-bond acceptors (Lipinski definition) is 6. The second-order valence-corrected chi connectivity index (χ2v) is 6.11. The zero-order valence-corrected chi connectivity index (χ0v) is 13.3. The molecular formula is C14H14N4OS2. The van der Waals surface area contributed by atoms with Gasteiger partial charge in [0.1, 0.15) is 10.8 Å². The van der Waals surface area contributed by atoms with Crippen molar-refractivity contribution in [2.75, 3.05) is 13.4 Å². The lowest BCUT2D eigenvalue weighted by Crippen LogP contribution is -1.93. The number of fused-ring (bicyclic) bond motifs is 1. The highest BCUT2D eigenvalue weighted by molar-refractivity contribution is 7.97. The Hall–Kier alpha value is -1.86. The van der Waals surface area contributed by atoms with Crippen LogP contribution in [-0.4, -0.2) is 33.2 Å². The van der Waals surface area contributed by atoms with E-state index < -0.39 is 0 Å². The van der Waals surface area contributed by atoms with Crippen LogP contribution in [0.4, 0.5) is 0 Å². The van der Waals surface area contributed by atoms with Gasteiger partial charge in [-0.3, -0.25) is 0 Å². The van der Waals surface area contributed by atoms with Crippen LogP contribution in [0.25, 0.3) is 17.1 Å². The van der Waals surface area contributed by atoms with Crippen molar-refractivity contribution in [1.82, 2.24) is 19.8 Å². The molecule has 108 valence electrons. The van der Waals surface area contributed by atoms with Gasteiger partial charge in [-0.15, -0.1) is 10.2 Å². The Morgan fingerprint density at radius 3 is 2.95 bits per heavy atom. The summed E-state index contributed by atoms with van der Waals surface area (Å²) in [5.74, 6) is 2.53. The molecule has 1 aromatic carbocycles. The molecule has 2 aromatic heterocycles. The summed E-state index contributed by atoms with van der Waals surface area (Å²) in [4.78, 5) is 0.818. The van der Waals surface area contributed by atoms with Crippen molar-refractivity contribution in [2.45, 2.75) is 5.75 Å². The van der Waals surface area contributed by atoms with E-state index in [-0.39, 0.29) is 0 Å². The molecule has 0 radical (unpaired) electrons. The van der Waals surface area contributed by atoms with Gasteiger partial charge < -0.3 is 4.74 Å². The monoisotopic (exact) mass is 318 g/mol. The molecule has 2 heterocycles. The van der Waals surface area contributed by atoms with Gasteiger partial charge in [0.25, 0.3) is 0 Å². The lowest BCUT2D eigenvalue weighted by Gasteiger charge is -2.02. The van der Waals surface area contributed by atoms with Crippen LogP contribution in [0.1, 0.15) is 16.4 Å². The lowest BCUT2D eigenvalue weighted by molar-refractivity contribution is 0.414. The van der Waals surface area contributed by atoms with Gasteiger partial charge in [0.05, 0.1) is 12.9 Å². The summed E-state index contributed by atoms with van der Waals surface area (Å²) in [5.41, 5.74) is 1.02. The predicted octanol–water partition coefficient (Wildman–Crippen LogP) is 3.23. The van der Waals surface area contributed by atoms with Gasteiger partial charge in [0.2, 0.25) is 4.96 Å². The minimum atomic E-state index is 0.806. The molecule has 0 bridgehead atoms. The fourth-order valence-corrected chi connectivity index (χ4v) is 3.12. The van der Waals surface area contributed by atoms with Crippen LogP contribution in [0.2, 0.25) is 0 Å². The van der Waals surface area contributed by atoms with E-state index in [4.69, 9.17) is 4.74 Å². The number of benzene rings is 1. The van der Waals surface area contributed by atoms with E-state index in [1.807, 2.05) is 47.2 Å². The molecule has 21 heavy (non-hydrogen) atoms. The number of rotatable bonds is 5. The molecule has 0 fully saturated rings. The number of ether oxygens (including phenoxy) is 1. The molecule has 0 amide bonds. The molecule has 5 nitrogen and oxygen atoms in total. The second kappa shape index (κ2) is 6.28. The molecule has 0 aliphatic rings. The fourth-order valence-electron chi connectivity index (χ4n) is 1.92. The van der Waals surface area contributed by atoms with Crippen molar-refractivity contribution in [2.24, 2.45) is 0 Å². The third-order valence-corrected chi connectivity index (χ3v) is 4.30. The Kier molecular flexibility index (Phi) is 4.21. The first-order valence-corrected chi connectivity index (χ1v) is 8.54. The van der Waals surface area contributed by atoms with Crippen LogP contribution in [0.15, 0.2) is 24.3 Å². The maximum absolute atomic E-state index is 5.33. The third-order valence-electron chi connectivity index (χ3n) is 2.89. The van der Waals surface area contributed by atoms with E-state index in [2.05, 4.69) is 15.3 Å². The normalized spacial score (nSPS) is 11.5. The van der Waals surface area contributed by atoms with Crippen molar-refractivity contribution in [3.05, 3.63) is 40.7 Å². The Bertz CT molecular complexity index is 778. The Morgan fingerprint density at radius 2 is 2.14 bits per heavy atom. The van der Waals surface area contributed by atoms with E-state index in [9.17, 15) is 0 Å². The maximum atomic E-state index is 5.33. The zero-order chi connectivity index (χ0) is 14.7. The zero-order valence-electron chi connectivity index (χ0n) is 11.7. The number of para-hydroxylation sites is 1. The topological polar surface area (TPSA) is 52.3 Å². The van der Waals surface area contributed by atoms with Gasteiger partial charge in [-0.1, -0.05) is 29.5 Å². The van der Waals surface area contributed by atoms with Gasteiger partial charge in [-0.25, -0.2) is 0 Å². The van der Waals surface area contributed by atoms with Crippen LogP contribution in [0.5, 0.6) is 5.75 Å². The largest absolute Gasteiger partial charge is 0.496 e. The van der Waals surface area contributed by atoms with E-state index in [1.54, 1.807) is 18.9 Å². The summed E-state index contributed by atoms with van der Waals surface area (Å²) < 4.78 is 7.14. The smallest absolute Gasteiger partial charge is 0.234 e. The third kappa shape index (κ3) is 2.93. The van der Waals surface area contributed by atoms with Crippen LogP contribution in [0, 0.1) is 0 Å². The van der Waals surface area contributed by atoms with E-state index in [0.717, 1.165) is 32.9 Å². The summed E-state index contributed by atoms with van der Waals surface area (Å²) in [6.07, 6.45) is 6.01. The first-order chi connectivity index (χ1) is 10.3. The van der Waals surface area contributed by atoms with E-state index >= 15 is 0 Å². The van der Waals surface area contributed by atoms with E-state index in [1.165, 1.54) is 11.3 Å². The number of methoxy groups -OCH3 is 1. The number of thioether (sulfide) groups is 1. The SMILES string of the molecule is COc1ccccc1C=Cc1nn2c(CSC)nnc2s1. The summed E-state index contributed by atoms with van der Waals surface area (Å²) in [6, 6.07) is 7.88. The highest BCUT2D eigenvalue weighted by atomic mass is 32.2. The molecule has 0 atom stereocenters. The highest BCUT2D eigenvalue weighted by Gasteiger charge is 2.09. The molecule has 3 aromatic rings. The van der Waals surface area contributed by atoms with Gasteiger partial charge in [0, 0.05) is 5.56 Å². The van der Waals surface area contributed by atoms with Crippen LogP contribution >= 0.6 is 23.1 Å². The molecule has 0 saturated heterocycles. The lowest BCUT2D eigenvalue weighted by atomic mass is 10.2. The Labute approximate surface area is 130 Å². The highest BCUT2D eigenvalue weighted by Crippen LogP contribution is 2.22. The van der Waals surface area contributed by atoms with Crippen LogP contribution < -0.4 is 4.74 Å². The maximum Gasteiger partial charge on any atom is 0.234 e. The predicted molar refractivity (Wildman–Crippen MR) is 87.8 cm³/mol. The summed E-state index contributed by atoms with van der Waals surface area (Å²) in [7, 11) is 1.67. The van der Waals surface area contributed by atoms with Gasteiger partial charge in [-0.2, -0.15) is 21.4 Å². The molecule has 0 N–H and O–H groups in total. The Morgan fingerprint density at radius 1 is 1.29 bits per heavy atom. The average molecular weight is 318 g/mol. The van der Waals surface area contributed by atoms with Gasteiger partial charge in [0.15, 0.2) is 5.82 Å². The van der Waals surface area contributed by atoms with Crippen molar-refractivity contribution in [3.63, 3.8) is 0 Å². The minimum Gasteiger partial charge on any atom is -0.496 e. The summed E-state index contributed by atoms with van der Waals surface area (Å²) in [5, 5.41) is 13.7. The molecule has 7 heteroatoms. The van der Waals surface area contributed by atoms with E-state index in [0.29, 0.717) is 0 Å².